The van der Waals surface area contributed by atoms with Crippen molar-refractivity contribution in [3.63, 3.8) is 0 Å². The van der Waals surface area contributed by atoms with Gasteiger partial charge in [0.05, 0.1) is 6.61 Å². The number of nitrogen functional groups attached to an aromatic ring is 1. The largest absolute Gasteiger partial charge is 0.398 e. The van der Waals surface area contributed by atoms with E-state index in [0.29, 0.717) is 5.69 Å². The van der Waals surface area contributed by atoms with Crippen LogP contribution in [0, 0.1) is 0 Å². The van der Waals surface area contributed by atoms with Crippen molar-refractivity contribution in [1.29, 1.82) is 0 Å². The molecule has 16 heavy (non-hydrogen) atoms. The standard InChI is InChI=1S/C10H15N3O3/c1-7(6-14)12-9(15)5-13-4-8(11)2-3-10(13)16/h2-4,7,14H,5-6,11H2,1H3,(H,12,15)/t7-/m1/s1. The smallest absolute Gasteiger partial charge is 0.251 e. The third-order valence-electron chi connectivity index (χ3n) is 2.00. The summed E-state index contributed by atoms with van der Waals surface area (Å²) < 4.78 is 1.22. The fraction of sp³-hybridized carbons (Fsp3) is 0.400. The fourth-order valence-electron chi connectivity index (χ4n) is 1.19. The zero-order valence-corrected chi connectivity index (χ0v) is 9.01. The zero-order chi connectivity index (χ0) is 12.1. The summed E-state index contributed by atoms with van der Waals surface area (Å²) >= 11 is 0. The number of aromatic nitrogens is 1. The summed E-state index contributed by atoms with van der Waals surface area (Å²) in [7, 11) is 0. The first kappa shape index (κ1) is 12.3. The van der Waals surface area contributed by atoms with Gasteiger partial charge in [-0.15, -0.1) is 0 Å². The van der Waals surface area contributed by atoms with Crippen molar-refractivity contribution < 1.29 is 9.90 Å². The van der Waals surface area contributed by atoms with E-state index >= 15 is 0 Å². The van der Waals surface area contributed by atoms with Gasteiger partial charge in [0.15, 0.2) is 0 Å². The Morgan fingerprint density at radius 2 is 2.31 bits per heavy atom. The first-order valence-corrected chi connectivity index (χ1v) is 4.89. The van der Waals surface area contributed by atoms with Gasteiger partial charge in [-0.2, -0.15) is 0 Å². The molecule has 0 bridgehead atoms. The van der Waals surface area contributed by atoms with Crippen molar-refractivity contribution in [2.75, 3.05) is 12.3 Å². The molecule has 0 unspecified atom stereocenters. The topological polar surface area (TPSA) is 97.3 Å². The number of carbonyl (C=O) groups excluding carboxylic acids is 1. The normalized spacial score (nSPS) is 12.1. The lowest BCUT2D eigenvalue weighted by atomic mass is 10.3. The first-order valence-electron chi connectivity index (χ1n) is 4.89. The van der Waals surface area contributed by atoms with E-state index in [9.17, 15) is 9.59 Å². The number of nitrogens with zero attached hydrogens (tertiary/aromatic N) is 1. The fourth-order valence-corrected chi connectivity index (χ4v) is 1.19. The Balaban J connectivity index is 2.69. The predicted octanol–water partition coefficient (Wildman–Crippen LogP) is -1.07. The van der Waals surface area contributed by atoms with Crippen molar-refractivity contribution in [2.45, 2.75) is 19.5 Å². The highest BCUT2D eigenvalue weighted by Gasteiger charge is 2.07. The predicted molar refractivity (Wildman–Crippen MR) is 59.8 cm³/mol. The quantitative estimate of drug-likeness (QED) is 0.607. The Hall–Kier alpha value is -1.82. The molecule has 0 radical (unpaired) electrons. The van der Waals surface area contributed by atoms with E-state index in [2.05, 4.69) is 5.32 Å². The van der Waals surface area contributed by atoms with Crippen molar-refractivity contribution in [3.8, 4) is 0 Å². The van der Waals surface area contributed by atoms with E-state index in [1.807, 2.05) is 0 Å². The van der Waals surface area contributed by atoms with Crippen LogP contribution in [0.2, 0.25) is 0 Å². The number of rotatable bonds is 4. The lowest BCUT2D eigenvalue weighted by Gasteiger charge is -2.11. The van der Waals surface area contributed by atoms with E-state index in [-0.39, 0.29) is 30.7 Å². The molecule has 1 heterocycles. The first-order chi connectivity index (χ1) is 7.52. The van der Waals surface area contributed by atoms with Gasteiger partial charge in [-0.3, -0.25) is 9.59 Å². The molecule has 0 saturated heterocycles. The lowest BCUT2D eigenvalue weighted by Crippen LogP contribution is -2.38. The number of nitrogens with two attached hydrogens (primary N) is 1. The molecule has 6 nitrogen and oxygen atoms in total. The molecule has 0 aromatic carbocycles. The maximum Gasteiger partial charge on any atom is 0.251 e. The zero-order valence-electron chi connectivity index (χ0n) is 9.01. The molecule has 4 N–H and O–H groups in total. The summed E-state index contributed by atoms with van der Waals surface area (Å²) in [5, 5.41) is 11.3. The number of nitrogens with one attached hydrogen (secondary N) is 1. The van der Waals surface area contributed by atoms with Crippen LogP contribution in [0.25, 0.3) is 0 Å². The summed E-state index contributed by atoms with van der Waals surface area (Å²) in [6, 6.07) is 2.45. The second-order valence-corrected chi connectivity index (χ2v) is 3.58. The number of hydrogen-bond donors (Lipinski definition) is 3. The molecule has 0 aliphatic rings. The summed E-state index contributed by atoms with van der Waals surface area (Å²) in [6.45, 7) is 1.42. The third-order valence-corrected chi connectivity index (χ3v) is 2.00. The lowest BCUT2D eigenvalue weighted by molar-refractivity contribution is -0.122. The van der Waals surface area contributed by atoms with Crippen LogP contribution in [0.5, 0.6) is 0 Å². The van der Waals surface area contributed by atoms with Crippen LogP contribution in [-0.4, -0.2) is 28.2 Å². The van der Waals surface area contributed by atoms with Crippen LogP contribution in [0.3, 0.4) is 0 Å². The molecular weight excluding hydrogens is 210 g/mol. The van der Waals surface area contributed by atoms with E-state index in [1.165, 1.54) is 22.9 Å². The van der Waals surface area contributed by atoms with Crippen LogP contribution in [-0.2, 0) is 11.3 Å². The number of pyridine rings is 1. The maximum atomic E-state index is 11.4. The number of hydrogen-bond acceptors (Lipinski definition) is 4. The van der Waals surface area contributed by atoms with Crippen LogP contribution < -0.4 is 16.6 Å². The highest BCUT2D eigenvalue weighted by atomic mass is 16.3. The number of aliphatic hydroxyl groups excluding tert-OH is 1. The molecule has 0 spiro atoms. The van der Waals surface area contributed by atoms with Crippen molar-refractivity contribution in [1.82, 2.24) is 9.88 Å². The van der Waals surface area contributed by atoms with Gasteiger partial charge in [0.1, 0.15) is 6.54 Å². The maximum absolute atomic E-state index is 11.4. The second-order valence-electron chi connectivity index (χ2n) is 3.58. The molecule has 1 atom stereocenters. The Bertz CT molecular complexity index is 428. The Morgan fingerprint density at radius 3 is 2.94 bits per heavy atom. The molecule has 0 aliphatic heterocycles. The molecular formula is C10H15N3O3. The molecule has 1 aromatic rings. The third kappa shape index (κ3) is 3.39. The van der Waals surface area contributed by atoms with Gasteiger partial charge in [-0.05, 0) is 13.0 Å². The number of anilines is 1. The molecule has 0 aliphatic carbocycles. The summed E-state index contributed by atoms with van der Waals surface area (Å²) in [6.07, 6.45) is 1.41. The highest BCUT2D eigenvalue weighted by molar-refractivity contribution is 5.76. The number of aliphatic hydroxyl groups is 1. The second kappa shape index (κ2) is 5.32. The Labute approximate surface area is 92.7 Å². The van der Waals surface area contributed by atoms with Crippen LogP contribution >= 0.6 is 0 Å². The summed E-state index contributed by atoms with van der Waals surface area (Å²) in [4.78, 5) is 22.8. The molecule has 88 valence electrons. The van der Waals surface area contributed by atoms with E-state index < -0.39 is 0 Å². The van der Waals surface area contributed by atoms with Crippen LogP contribution in [0.1, 0.15) is 6.92 Å². The van der Waals surface area contributed by atoms with E-state index in [4.69, 9.17) is 10.8 Å². The van der Waals surface area contributed by atoms with E-state index in [0.717, 1.165) is 0 Å². The SMILES string of the molecule is C[C@H](CO)NC(=O)Cn1cc(N)ccc1=O. The van der Waals surface area contributed by atoms with Crippen molar-refractivity contribution >= 4 is 11.6 Å². The van der Waals surface area contributed by atoms with E-state index in [1.54, 1.807) is 6.92 Å². The van der Waals surface area contributed by atoms with Crippen LogP contribution in [0.15, 0.2) is 23.1 Å². The monoisotopic (exact) mass is 225 g/mol. The average molecular weight is 225 g/mol. The number of carbonyl (C=O) groups is 1. The van der Waals surface area contributed by atoms with Crippen molar-refractivity contribution in [2.24, 2.45) is 0 Å². The molecule has 1 rings (SSSR count). The highest BCUT2D eigenvalue weighted by Crippen LogP contribution is 1.95. The molecule has 1 amide bonds. The minimum absolute atomic E-state index is 0.103. The molecule has 0 saturated carbocycles. The Morgan fingerprint density at radius 1 is 1.62 bits per heavy atom. The van der Waals surface area contributed by atoms with Gasteiger partial charge in [0.25, 0.3) is 5.56 Å². The number of amides is 1. The van der Waals surface area contributed by atoms with Gasteiger partial charge < -0.3 is 20.7 Å². The van der Waals surface area contributed by atoms with Gasteiger partial charge in [0.2, 0.25) is 5.91 Å². The van der Waals surface area contributed by atoms with Gasteiger partial charge in [-0.25, -0.2) is 0 Å². The summed E-state index contributed by atoms with van der Waals surface area (Å²) in [5.41, 5.74) is 5.63. The minimum Gasteiger partial charge on any atom is -0.398 e. The van der Waals surface area contributed by atoms with Crippen molar-refractivity contribution in [3.05, 3.63) is 28.7 Å². The van der Waals surface area contributed by atoms with Gasteiger partial charge in [-0.1, -0.05) is 0 Å². The van der Waals surface area contributed by atoms with Crippen LogP contribution in [0.4, 0.5) is 5.69 Å². The molecule has 6 heteroatoms. The molecule has 0 fully saturated rings. The summed E-state index contributed by atoms with van der Waals surface area (Å²) in [5.74, 6) is -0.339. The average Bonchev–Trinajstić information content (AvgIpc) is 2.23. The molecule has 1 aromatic heterocycles. The van der Waals surface area contributed by atoms with Gasteiger partial charge >= 0.3 is 0 Å². The minimum atomic E-state index is -0.339. The Kier molecular flexibility index (Phi) is 4.07. The van der Waals surface area contributed by atoms with Gasteiger partial charge in [0, 0.05) is 24.0 Å².